The Morgan fingerprint density at radius 1 is 1.33 bits per heavy atom. The molecule has 0 aliphatic carbocycles. The Bertz CT molecular complexity index is 778. The van der Waals surface area contributed by atoms with Gasteiger partial charge in [-0.2, -0.15) is 0 Å². The minimum Gasteiger partial charge on any atom is -0.398 e. The van der Waals surface area contributed by atoms with Crippen LogP contribution in [0.2, 0.25) is 5.02 Å². The SMILES string of the molecule is Cc1nccc(CNS(=O)(=O)c2cc(Cl)cc(N)c2C)n1. The van der Waals surface area contributed by atoms with E-state index in [-0.39, 0.29) is 16.5 Å². The van der Waals surface area contributed by atoms with Crippen molar-refractivity contribution in [3.05, 3.63) is 46.5 Å². The Morgan fingerprint density at radius 2 is 2.05 bits per heavy atom. The Kier molecular flexibility index (Phi) is 4.46. The van der Waals surface area contributed by atoms with Crippen LogP contribution in [0.5, 0.6) is 0 Å². The van der Waals surface area contributed by atoms with Crippen LogP contribution in [0.4, 0.5) is 5.69 Å². The molecule has 0 radical (unpaired) electrons. The van der Waals surface area contributed by atoms with E-state index in [4.69, 9.17) is 17.3 Å². The number of nitrogen functional groups attached to an aromatic ring is 1. The third kappa shape index (κ3) is 3.69. The summed E-state index contributed by atoms with van der Waals surface area (Å²) < 4.78 is 27.2. The topological polar surface area (TPSA) is 98.0 Å². The van der Waals surface area contributed by atoms with Crippen LogP contribution in [-0.4, -0.2) is 18.4 Å². The van der Waals surface area contributed by atoms with Crippen molar-refractivity contribution in [1.29, 1.82) is 0 Å². The van der Waals surface area contributed by atoms with Gasteiger partial charge in [-0.15, -0.1) is 0 Å². The highest BCUT2D eigenvalue weighted by molar-refractivity contribution is 7.89. The Hall–Kier alpha value is -1.70. The molecule has 1 aromatic heterocycles. The molecule has 0 saturated heterocycles. The number of nitrogens with two attached hydrogens (primary N) is 1. The van der Waals surface area contributed by atoms with E-state index < -0.39 is 10.0 Å². The summed E-state index contributed by atoms with van der Waals surface area (Å²) in [5.74, 6) is 0.579. The number of rotatable bonds is 4. The Balaban J connectivity index is 2.27. The predicted molar refractivity (Wildman–Crippen MR) is 81.4 cm³/mol. The van der Waals surface area contributed by atoms with Gasteiger partial charge in [-0.05, 0) is 37.6 Å². The predicted octanol–water partition coefficient (Wildman–Crippen LogP) is 1.81. The molecule has 0 saturated carbocycles. The molecule has 2 rings (SSSR count). The third-order valence-electron chi connectivity index (χ3n) is 2.93. The lowest BCUT2D eigenvalue weighted by Gasteiger charge is -2.11. The largest absolute Gasteiger partial charge is 0.398 e. The van der Waals surface area contributed by atoms with E-state index in [0.29, 0.717) is 22.8 Å². The number of sulfonamides is 1. The average Bonchev–Trinajstić information content (AvgIpc) is 2.41. The first-order valence-corrected chi connectivity index (χ1v) is 7.99. The first-order chi connectivity index (χ1) is 9.79. The zero-order chi connectivity index (χ0) is 15.6. The average molecular weight is 327 g/mol. The number of anilines is 1. The molecule has 0 atom stereocenters. The van der Waals surface area contributed by atoms with Gasteiger partial charge in [-0.3, -0.25) is 0 Å². The molecule has 1 heterocycles. The minimum atomic E-state index is -3.72. The number of hydrogen-bond acceptors (Lipinski definition) is 5. The molecular weight excluding hydrogens is 312 g/mol. The van der Waals surface area contributed by atoms with Crippen LogP contribution in [0.25, 0.3) is 0 Å². The number of nitrogens with one attached hydrogen (secondary N) is 1. The second kappa shape index (κ2) is 5.97. The highest BCUT2D eigenvalue weighted by Gasteiger charge is 2.19. The van der Waals surface area contributed by atoms with Crippen LogP contribution < -0.4 is 10.5 Å². The van der Waals surface area contributed by atoms with Gasteiger partial charge in [0.2, 0.25) is 10.0 Å². The maximum absolute atomic E-state index is 12.3. The van der Waals surface area contributed by atoms with Crippen molar-refractivity contribution in [1.82, 2.24) is 14.7 Å². The molecule has 3 N–H and O–H groups in total. The van der Waals surface area contributed by atoms with E-state index >= 15 is 0 Å². The third-order valence-corrected chi connectivity index (χ3v) is 4.68. The summed E-state index contributed by atoms with van der Waals surface area (Å²) in [5.41, 5.74) is 7.13. The Morgan fingerprint density at radius 3 is 2.71 bits per heavy atom. The molecule has 0 bridgehead atoms. The highest BCUT2D eigenvalue weighted by Crippen LogP contribution is 2.25. The summed E-state index contributed by atoms with van der Waals surface area (Å²) in [7, 11) is -3.72. The van der Waals surface area contributed by atoms with Crippen molar-refractivity contribution in [3.63, 3.8) is 0 Å². The fraction of sp³-hybridized carbons (Fsp3) is 0.231. The van der Waals surface area contributed by atoms with Gasteiger partial charge < -0.3 is 5.73 Å². The molecule has 0 amide bonds. The lowest BCUT2D eigenvalue weighted by atomic mass is 10.2. The molecule has 112 valence electrons. The number of nitrogens with zero attached hydrogens (tertiary/aromatic N) is 2. The summed E-state index contributed by atoms with van der Waals surface area (Å²) in [6, 6.07) is 4.54. The molecule has 8 heteroatoms. The standard InChI is InChI=1S/C13H15ClN4O2S/c1-8-12(15)5-10(14)6-13(8)21(19,20)17-7-11-3-4-16-9(2)18-11/h3-6,17H,7,15H2,1-2H3. The molecule has 21 heavy (non-hydrogen) atoms. The molecule has 2 aromatic rings. The van der Waals surface area contributed by atoms with Crippen molar-refractivity contribution < 1.29 is 8.42 Å². The van der Waals surface area contributed by atoms with Crippen LogP contribution in [0, 0.1) is 13.8 Å². The quantitative estimate of drug-likeness (QED) is 0.835. The highest BCUT2D eigenvalue weighted by atomic mass is 35.5. The molecule has 0 aliphatic rings. The summed E-state index contributed by atoms with van der Waals surface area (Å²) in [4.78, 5) is 8.16. The maximum atomic E-state index is 12.3. The molecule has 0 spiro atoms. The van der Waals surface area contributed by atoms with Gasteiger partial charge in [0.05, 0.1) is 17.1 Å². The first-order valence-electron chi connectivity index (χ1n) is 6.13. The lowest BCUT2D eigenvalue weighted by Crippen LogP contribution is -2.25. The van der Waals surface area contributed by atoms with Gasteiger partial charge in [-0.25, -0.2) is 23.1 Å². The van der Waals surface area contributed by atoms with Crippen molar-refractivity contribution in [2.75, 3.05) is 5.73 Å². The van der Waals surface area contributed by atoms with Gasteiger partial charge in [0.25, 0.3) is 0 Å². The smallest absolute Gasteiger partial charge is 0.241 e. The number of halogens is 1. The van der Waals surface area contributed by atoms with Crippen molar-refractivity contribution in [3.8, 4) is 0 Å². The van der Waals surface area contributed by atoms with Gasteiger partial charge in [-0.1, -0.05) is 11.6 Å². The van der Waals surface area contributed by atoms with Crippen molar-refractivity contribution >= 4 is 27.3 Å². The summed E-state index contributed by atoms with van der Waals surface area (Å²) >= 11 is 5.87. The van der Waals surface area contributed by atoms with Crippen molar-refractivity contribution in [2.45, 2.75) is 25.3 Å². The van der Waals surface area contributed by atoms with E-state index in [2.05, 4.69) is 14.7 Å². The van der Waals surface area contributed by atoms with E-state index in [1.807, 2.05) is 0 Å². The van der Waals surface area contributed by atoms with Crippen LogP contribution >= 0.6 is 11.6 Å². The van der Waals surface area contributed by atoms with E-state index in [0.717, 1.165) is 0 Å². The summed E-state index contributed by atoms with van der Waals surface area (Å²) in [6.45, 7) is 3.44. The van der Waals surface area contributed by atoms with E-state index in [1.54, 1.807) is 26.1 Å². The van der Waals surface area contributed by atoms with Gasteiger partial charge in [0.15, 0.2) is 0 Å². The van der Waals surface area contributed by atoms with Crippen LogP contribution in [0.15, 0.2) is 29.3 Å². The minimum absolute atomic E-state index is 0.0670. The van der Waals surface area contributed by atoms with Crippen LogP contribution in [0.1, 0.15) is 17.1 Å². The molecule has 6 nitrogen and oxygen atoms in total. The number of aromatic nitrogens is 2. The second-order valence-electron chi connectivity index (χ2n) is 4.54. The van der Waals surface area contributed by atoms with Crippen LogP contribution in [0.3, 0.4) is 0 Å². The normalized spacial score (nSPS) is 11.6. The monoisotopic (exact) mass is 326 g/mol. The Labute approximate surface area is 128 Å². The van der Waals surface area contributed by atoms with Crippen molar-refractivity contribution in [2.24, 2.45) is 0 Å². The zero-order valence-electron chi connectivity index (χ0n) is 11.6. The van der Waals surface area contributed by atoms with Gasteiger partial charge >= 0.3 is 0 Å². The summed E-state index contributed by atoms with van der Waals surface area (Å²) in [6.07, 6.45) is 1.58. The van der Waals surface area contributed by atoms with E-state index in [9.17, 15) is 8.42 Å². The molecule has 1 aromatic carbocycles. The number of hydrogen-bond donors (Lipinski definition) is 2. The fourth-order valence-corrected chi connectivity index (χ4v) is 3.39. The van der Waals surface area contributed by atoms with Gasteiger partial charge in [0.1, 0.15) is 5.82 Å². The maximum Gasteiger partial charge on any atom is 0.241 e. The number of benzene rings is 1. The second-order valence-corrected chi connectivity index (χ2v) is 6.71. The van der Waals surface area contributed by atoms with E-state index in [1.165, 1.54) is 12.1 Å². The zero-order valence-corrected chi connectivity index (χ0v) is 13.2. The fourth-order valence-electron chi connectivity index (χ4n) is 1.80. The first kappa shape index (κ1) is 15.7. The molecular formula is C13H15ClN4O2S. The van der Waals surface area contributed by atoms with Gasteiger partial charge in [0, 0.05) is 16.9 Å². The molecule has 0 aliphatic heterocycles. The number of aryl methyl sites for hydroxylation is 1. The lowest BCUT2D eigenvalue weighted by molar-refractivity contribution is 0.579. The summed E-state index contributed by atoms with van der Waals surface area (Å²) in [5, 5.41) is 0.274. The molecule has 0 unspecified atom stereocenters. The molecule has 0 fully saturated rings. The van der Waals surface area contributed by atoms with Crippen LogP contribution in [-0.2, 0) is 16.6 Å².